The highest BCUT2D eigenvalue weighted by Gasteiger charge is 2.18. The summed E-state index contributed by atoms with van der Waals surface area (Å²) in [4.78, 5) is 26.9. The van der Waals surface area contributed by atoms with Gasteiger partial charge in [0.05, 0.1) is 19.9 Å². The van der Waals surface area contributed by atoms with E-state index in [9.17, 15) is 9.59 Å². The number of aryl methyl sites for hydroxylation is 1. The first-order valence-corrected chi connectivity index (χ1v) is 8.78. The third kappa shape index (κ3) is 6.03. The Morgan fingerprint density at radius 2 is 2.08 bits per heavy atom. The van der Waals surface area contributed by atoms with Crippen LogP contribution in [0, 0.1) is 6.92 Å². The van der Waals surface area contributed by atoms with Gasteiger partial charge < -0.3 is 19.5 Å². The first-order chi connectivity index (χ1) is 11.8. The van der Waals surface area contributed by atoms with Crippen LogP contribution in [0.15, 0.2) is 45.5 Å². The number of benzene rings is 1. The summed E-state index contributed by atoms with van der Waals surface area (Å²) in [6, 6.07) is 9.33. The topological polar surface area (TPSA) is 67.0 Å². The number of rotatable bonds is 7. The molecule has 0 fully saturated rings. The van der Waals surface area contributed by atoms with E-state index in [0.29, 0.717) is 13.1 Å². The molecule has 0 radical (unpaired) electrons. The molecule has 25 heavy (non-hydrogen) atoms. The number of amides is 2. The van der Waals surface area contributed by atoms with Gasteiger partial charge in [-0.3, -0.25) is 9.59 Å². The van der Waals surface area contributed by atoms with E-state index >= 15 is 0 Å². The van der Waals surface area contributed by atoms with E-state index in [1.54, 1.807) is 13.3 Å². The minimum Gasteiger partial charge on any atom is -0.463 e. The first-order valence-electron chi connectivity index (χ1n) is 7.99. The lowest BCUT2D eigenvalue weighted by atomic mass is 10.2. The Morgan fingerprint density at radius 3 is 2.72 bits per heavy atom. The highest BCUT2D eigenvalue weighted by molar-refractivity contribution is 9.10. The van der Waals surface area contributed by atoms with E-state index in [2.05, 4.69) is 21.2 Å². The number of hydrogen-bond donors (Lipinski definition) is 2. The molecular weight excluding hydrogens is 386 g/mol. The molecule has 2 N–H and O–H groups in total. The van der Waals surface area contributed by atoms with E-state index in [-0.39, 0.29) is 18.4 Å². The molecule has 2 rings (SSSR count). The Balaban J connectivity index is 1.82. The van der Waals surface area contributed by atoms with Crippen molar-refractivity contribution in [2.24, 2.45) is 0 Å². The van der Waals surface area contributed by atoms with E-state index in [1.165, 1.54) is 4.90 Å². The van der Waals surface area contributed by atoms with E-state index < -0.39 is 0 Å². The van der Waals surface area contributed by atoms with Crippen molar-refractivity contribution in [1.82, 2.24) is 4.90 Å². The molecule has 1 unspecified atom stereocenters. The smallest absolute Gasteiger partial charge is 0.277 e. The largest absolute Gasteiger partial charge is 0.463 e. The van der Waals surface area contributed by atoms with E-state index in [4.69, 9.17) is 4.42 Å². The van der Waals surface area contributed by atoms with E-state index in [1.807, 2.05) is 44.3 Å². The molecular formula is C18H23BrN3O3+. The Kier molecular flexibility index (Phi) is 6.78. The van der Waals surface area contributed by atoms with Crippen molar-refractivity contribution in [2.75, 3.05) is 32.5 Å². The number of nitrogens with one attached hydrogen (secondary N) is 2. The van der Waals surface area contributed by atoms with Crippen LogP contribution >= 0.6 is 15.9 Å². The molecule has 0 aliphatic carbocycles. The summed E-state index contributed by atoms with van der Waals surface area (Å²) in [7, 11) is 3.55. The Bertz CT molecular complexity index is 731. The maximum absolute atomic E-state index is 12.3. The molecule has 1 aromatic carbocycles. The lowest BCUT2D eigenvalue weighted by Crippen LogP contribution is -3.08. The van der Waals surface area contributed by atoms with Crippen LogP contribution in [-0.2, 0) is 16.1 Å². The molecule has 2 aromatic rings. The van der Waals surface area contributed by atoms with Crippen molar-refractivity contribution < 1.29 is 18.9 Å². The molecule has 0 saturated carbocycles. The highest BCUT2D eigenvalue weighted by atomic mass is 79.9. The summed E-state index contributed by atoms with van der Waals surface area (Å²) >= 11 is 3.39. The van der Waals surface area contributed by atoms with E-state index in [0.717, 1.165) is 26.4 Å². The van der Waals surface area contributed by atoms with Crippen molar-refractivity contribution in [2.45, 2.75) is 13.5 Å². The molecule has 0 saturated heterocycles. The van der Waals surface area contributed by atoms with Gasteiger partial charge in [-0.1, -0.05) is 15.9 Å². The Morgan fingerprint density at radius 1 is 1.32 bits per heavy atom. The van der Waals surface area contributed by atoms with Crippen LogP contribution in [0.3, 0.4) is 0 Å². The molecule has 0 spiro atoms. The monoisotopic (exact) mass is 408 g/mol. The number of quaternary nitrogens is 1. The fraction of sp³-hybridized carbons (Fsp3) is 0.333. The minimum atomic E-state index is -0.218. The number of furan rings is 1. The van der Waals surface area contributed by atoms with Crippen LogP contribution in [0.2, 0.25) is 0 Å². The zero-order valence-corrected chi connectivity index (χ0v) is 16.2. The van der Waals surface area contributed by atoms with Gasteiger partial charge in [0, 0.05) is 17.2 Å². The molecule has 1 atom stereocenters. The van der Waals surface area contributed by atoms with Crippen LogP contribution in [0.25, 0.3) is 0 Å². The average Bonchev–Trinajstić information content (AvgIpc) is 3.02. The van der Waals surface area contributed by atoms with Crippen LogP contribution in [0.5, 0.6) is 0 Å². The van der Waals surface area contributed by atoms with Gasteiger partial charge in [-0.05, 0) is 42.8 Å². The van der Waals surface area contributed by atoms with Gasteiger partial charge in [-0.2, -0.15) is 0 Å². The lowest BCUT2D eigenvalue weighted by Gasteiger charge is -2.19. The van der Waals surface area contributed by atoms with Crippen molar-refractivity contribution in [3.8, 4) is 0 Å². The summed E-state index contributed by atoms with van der Waals surface area (Å²) in [5.41, 5.74) is 1.70. The number of nitrogens with zero attached hydrogens (tertiary/aromatic N) is 1. The van der Waals surface area contributed by atoms with Crippen LogP contribution in [0.4, 0.5) is 5.69 Å². The summed E-state index contributed by atoms with van der Waals surface area (Å²) in [5, 5.41) is 2.84. The normalized spacial score (nSPS) is 11.8. The average molecular weight is 409 g/mol. The minimum absolute atomic E-state index is 0.0162. The lowest BCUT2D eigenvalue weighted by molar-refractivity contribution is -0.886. The molecule has 0 aliphatic rings. The molecule has 0 bridgehead atoms. The van der Waals surface area contributed by atoms with Gasteiger partial charge in [0.15, 0.2) is 12.3 Å². The highest BCUT2D eigenvalue weighted by Crippen LogP contribution is 2.19. The van der Waals surface area contributed by atoms with Crippen molar-refractivity contribution >= 4 is 33.4 Å². The summed E-state index contributed by atoms with van der Waals surface area (Å²) in [6.45, 7) is 2.85. The zero-order valence-electron chi connectivity index (χ0n) is 14.6. The van der Waals surface area contributed by atoms with Gasteiger partial charge >= 0.3 is 0 Å². The standard InChI is InChI=1S/C18H22BrN3O3/c1-13-9-14(19)6-7-16(13)20-17(23)11-22(3)18(24)12-21(2)10-15-5-4-8-25-15/h4-9H,10-12H2,1-3H3,(H,20,23)/p+1. The summed E-state index contributed by atoms with van der Waals surface area (Å²) in [5.74, 6) is 0.521. The second-order valence-electron chi connectivity index (χ2n) is 6.15. The molecule has 1 heterocycles. The van der Waals surface area contributed by atoms with Crippen LogP contribution in [0.1, 0.15) is 11.3 Å². The van der Waals surface area contributed by atoms with Crippen molar-refractivity contribution in [1.29, 1.82) is 0 Å². The van der Waals surface area contributed by atoms with Crippen molar-refractivity contribution in [3.05, 3.63) is 52.4 Å². The van der Waals surface area contributed by atoms with Crippen LogP contribution < -0.4 is 10.2 Å². The maximum Gasteiger partial charge on any atom is 0.277 e. The Labute approximate surface area is 155 Å². The van der Waals surface area contributed by atoms with Crippen molar-refractivity contribution in [3.63, 3.8) is 0 Å². The quantitative estimate of drug-likeness (QED) is 0.728. The zero-order chi connectivity index (χ0) is 18.4. The predicted molar refractivity (Wildman–Crippen MR) is 99.3 cm³/mol. The summed E-state index contributed by atoms with van der Waals surface area (Å²) in [6.07, 6.45) is 1.62. The van der Waals surface area contributed by atoms with Gasteiger partial charge in [-0.15, -0.1) is 0 Å². The molecule has 134 valence electrons. The SMILES string of the molecule is Cc1cc(Br)ccc1NC(=O)CN(C)C(=O)C[NH+](C)Cc1ccco1. The number of carbonyl (C=O) groups is 2. The third-order valence-corrected chi connectivity index (χ3v) is 4.27. The Hall–Kier alpha value is -2.12. The van der Waals surface area contributed by atoms with Gasteiger partial charge in [-0.25, -0.2) is 0 Å². The fourth-order valence-electron chi connectivity index (χ4n) is 2.43. The molecule has 2 amide bonds. The van der Waals surface area contributed by atoms with Crippen LogP contribution in [-0.4, -0.2) is 43.9 Å². The molecule has 0 aliphatic heterocycles. The van der Waals surface area contributed by atoms with Gasteiger partial charge in [0.25, 0.3) is 5.91 Å². The number of hydrogen-bond acceptors (Lipinski definition) is 3. The molecule has 7 heteroatoms. The number of carbonyl (C=O) groups excluding carboxylic acids is 2. The number of halogens is 1. The summed E-state index contributed by atoms with van der Waals surface area (Å²) < 4.78 is 6.24. The maximum atomic E-state index is 12.3. The predicted octanol–water partition coefficient (Wildman–Crippen LogP) is 1.46. The number of likely N-dealkylation sites (N-methyl/N-ethyl adjacent to an activating group) is 2. The number of anilines is 1. The fourth-order valence-corrected chi connectivity index (χ4v) is 2.90. The van der Waals surface area contributed by atoms with Gasteiger partial charge in [0.1, 0.15) is 6.54 Å². The molecule has 1 aromatic heterocycles. The second kappa shape index (κ2) is 8.82. The van der Waals surface area contributed by atoms with Gasteiger partial charge in [0.2, 0.25) is 5.91 Å². The first kappa shape index (κ1) is 19.2. The second-order valence-corrected chi connectivity index (χ2v) is 7.06. The third-order valence-electron chi connectivity index (χ3n) is 3.78. The molecule has 6 nitrogen and oxygen atoms in total.